The molecule has 114 valence electrons. The zero-order valence-electron chi connectivity index (χ0n) is 12.9. The molecule has 0 heterocycles. The smallest absolute Gasteiger partial charge is 0.150 e. The summed E-state index contributed by atoms with van der Waals surface area (Å²) in [5, 5.41) is 3.34. The van der Waals surface area contributed by atoms with Crippen molar-refractivity contribution in [1.82, 2.24) is 5.32 Å². The molecule has 0 saturated carbocycles. The standard InChI is InChI=1S/C16H27NO2S/c1-4-17-13-16(9-10-20(18,19)5-2)12-15-8-6-7-14(3)11-15/h6-8,11,16-17H,4-5,9-10,12-13H2,1-3H3. The lowest BCUT2D eigenvalue weighted by Gasteiger charge is -2.17. The summed E-state index contributed by atoms with van der Waals surface area (Å²) in [5.74, 6) is 0.912. The van der Waals surface area contributed by atoms with Gasteiger partial charge in [-0.1, -0.05) is 43.7 Å². The van der Waals surface area contributed by atoms with Crippen LogP contribution in [0.1, 0.15) is 31.4 Å². The predicted molar refractivity (Wildman–Crippen MR) is 85.9 cm³/mol. The van der Waals surface area contributed by atoms with Crippen molar-refractivity contribution in [2.75, 3.05) is 24.6 Å². The number of aryl methyl sites for hydroxylation is 1. The molecule has 0 aliphatic rings. The number of hydrogen-bond donors (Lipinski definition) is 1. The topological polar surface area (TPSA) is 46.2 Å². The highest BCUT2D eigenvalue weighted by Crippen LogP contribution is 2.14. The third-order valence-electron chi connectivity index (χ3n) is 3.57. The van der Waals surface area contributed by atoms with Crippen molar-refractivity contribution in [2.45, 2.75) is 33.6 Å². The Hall–Kier alpha value is -0.870. The largest absolute Gasteiger partial charge is 0.317 e. The average Bonchev–Trinajstić information content (AvgIpc) is 2.42. The fourth-order valence-electron chi connectivity index (χ4n) is 2.29. The number of nitrogens with one attached hydrogen (secondary N) is 1. The summed E-state index contributed by atoms with van der Waals surface area (Å²) in [7, 11) is -2.87. The third-order valence-corrected chi connectivity index (χ3v) is 5.30. The molecule has 0 aliphatic carbocycles. The Morgan fingerprint density at radius 2 is 2.00 bits per heavy atom. The average molecular weight is 297 g/mol. The lowest BCUT2D eigenvalue weighted by Crippen LogP contribution is -2.26. The molecule has 0 amide bonds. The molecule has 0 fully saturated rings. The van der Waals surface area contributed by atoms with E-state index in [1.54, 1.807) is 6.92 Å². The van der Waals surface area contributed by atoms with Crippen LogP contribution in [0.15, 0.2) is 24.3 Å². The molecule has 1 aromatic rings. The first kappa shape index (κ1) is 17.2. The van der Waals surface area contributed by atoms with E-state index in [4.69, 9.17) is 0 Å². The molecule has 0 aliphatic heterocycles. The van der Waals surface area contributed by atoms with Gasteiger partial charge in [-0.05, 0) is 44.3 Å². The van der Waals surface area contributed by atoms with Crippen LogP contribution in [-0.2, 0) is 16.3 Å². The van der Waals surface area contributed by atoms with Crippen LogP contribution in [0, 0.1) is 12.8 Å². The van der Waals surface area contributed by atoms with Crippen molar-refractivity contribution in [3.63, 3.8) is 0 Å². The van der Waals surface area contributed by atoms with Gasteiger partial charge in [-0.3, -0.25) is 0 Å². The van der Waals surface area contributed by atoms with E-state index in [0.717, 1.165) is 25.9 Å². The minimum atomic E-state index is -2.87. The molecule has 1 unspecified atom stereocenters. The highest BCUT2D eigenvalue weighted by atomic mass is 32.2. The van der Waals surface area contributed by atoms with Crippen molar-refractivity contribution >= 4 is 9.84 Å². The van der Waals surface area contributed by atoms with Crippen molar-refractivity contribution < 1.29 is 8.42 Å². The molecular weight excluding hydrogens is 270 g/mol. The SMILES string of the molecule is CCNCC(CCS(=O)(=O)CC)Cc1cccc(C)c1. The van der Waals surface area contributed by atoms with Crippen molar-refractivity contribution in [3.8, 4) is 0 Å². The van der Waals surface area contributed by atoms with Gasteiger partial charge in [0.05, 0.1) is 5.75 Å². The maximum Gasteiger partial charge on any atom is 0.150 e. The molecule has 0 bridgehead atoms. The van der Waals surface area contributed by atoms with Crippen molar-refractivity contribution in [2.24, 2.45) is 5.92 Å². The molecule has 1 N–H and O–H groups in total. The predicted octanol–water partition coefficient (Wildman–Crippen LogP) is 2.59. The number of sulfone groups is 1. The van der Waals surface area contributed by atoms with Crippen molar-refractivity contribution in [1.29, 1.82) is 0 Å². The van der Waals surface area contributed by atoms with Crippen LogP contribution in [0.5, 0.6) is 0 Å². The van der Waals surface area contributed by atoms with Gasteiger partial charge in [0.1, 0.15) is 9.84 Å². The number of hydrogen-bond acceptors (Lipinski definition) is 3. The molecule has 1 aromatic carbocycles. The van der Waals surface area contributed by atoms with Crippen LogP contribution >= 0.6 is 0 Å². The third kappa shape index (κ3) is 6.53. The molecule has 20 heavy (non-hydrogen) atoms. The van der Waals surface area contributed by atoms with E-state index in [9.17, 15) is 8.42 Å². The Bertz CT molecular complexity index is 497. The summed E-state index contributed by atoms with van der Waals surface area (Å²) < 4.78 is 23.3. The summed E-state index contributed by atoms with van der Waals surface area (Å²) in [6, 6.07) is 8.47. The van der Waals surface area contributed by atoms with E-state index in [-0.39, 0.29) is 5.75 Å². The minimum Gasteiger partial charge on any atom is -0.317 e. The lowest BCUT2D eigenvalue weighted by atomic mass is 9.96. The first-order valence-corrected chi connectivity index (χ1v) is 9.25. The van der Waals surface area contributed by atoms with Gasteiger partial charge in [0.25, 0.3) is 0 Å². The fraction of sp³-hybridized carbons (Fsp3) is 0.625. The molecule has 1 atom stereocenters. The Balaban J connectivity index is 2.64. The van der Waals surface area contributed by atoms with Crippen LogP contribution in [0.3, 0.4) is 0 Å². The molecule has 0 saturated heterocycles. The summed E-state index contributed by atoms with van der Waals surface area (Å²) >= 11 is 0. The van der Waals surface area contributed by atoms with Crippen LogP contribution in [0.25, 0.3) is 0 Å². The van der Waals surface area contributed by atoms with E-state index in [1.807, 2.05) is 0 Å². The number of rotatable bonds is 9. The monoisotopic (exact) mass is 297 g/mol. The highest BCUT2D eigenvalue weighted by Gasteiger charge is 2.14. The molecule has 0 radical (unpaired) electrons. The van der Waals surface area contributed by atoms with Crippen LogP contribution in [0.4, 0.5) is 0 Å². The molecular formula is C16H27NO2S. The lowest BCUT2D eigenvalue weighted by molar-refractivity contribution is 0.465. The zero-order valence-corrected chi connectivity index (χ0v) is 13.7. The zero-order chi connectivity index (χ0) is 15.0. The van der Waals surface area contributed by atoms with E-state index < -0.39 is 9.84 Å². The van der Waals surface area contributed by atoms with E-state index >= 15 is 0 Å². The van der Waals surface area contributed by atoms with E-state index in [0.29, 0.717) is 11.7 Å². The summed E-state index contributed by atoms with van der Waals surface area (Å²) in [5.41, 5.74) is 2.55. The maximum absolute atomic E-state index is 11.7. The summed E-state index contributed by atoms with van der Waals surface area (Å²) in [4.78, 5) is 0. The van der Waals surface area contributed by atoms with Gasteiger partial charge in [-0.25, -0.2) is 8.42 Å². The maximum atomic E-state index is 11.7. The van der Waals surface area contributed by atoms with Gasteiger partial charge >= 0.3 is 0 Å². The molecule has 4 heteroatoms. The molecule has 1 rings (SSSR count). The van der Waals surface area contributed by atoms with Crippen LogP contribution in [0.2, 0.25) is 0 Å². The first-order chi connectivity index (χ1) is 9.46. The van der Waals surface area contributed by atoms with Gasteiger partial charge in [-0.15, -0.1) is 0 Å². The number of benzene rings is 1. The second-order valence-electron chi connectivity index (χ2n) is 5.39. The van der Waals surface area contributed by atoms with Crippen molar-refractivity contribution in [3.05, 3.63) is 35.4 Å². The minimum absolute atomic E-state index is 0.241. The second kappa shape index (κ2) is 8.42. The molecule has 0 aromatic heterocycles. The van der Waals surface area contributed by atoms with Gasteiger partial charge in [0.2, 0.25) is 0 Å². The first-order valence-electron chi connectivity index (χ1n) is 7.43. The summed E-state index contributed by atoms with van der Waals surface area (Å²) in [6.07, 6.45) is 1.67. The normalized spacial score (nSPS) is 13.3. The fourth-order valence-corrected chi connectivity index (χ4v) is 3.27. The second-order valence-corrected chi connectivity index (χ2v) is 7.86. The Labute approximate surface area is 123 Å². The van der Waals surface area contributed by atoms with E-state index in [2.05, 4.69) is 43.4 Å². The Morgan fingerprint density at radius 3 is 2.60 bits per heavy atom. The van der Waals surface area contributed by atoms with Gasteiger partial charge in [0.15, 0.2) is 0 Å². The summed E-state index contributed by atoms with van der Waals surface area (Å²) in [6.45, 7) is 7.68. The molecule has 0 spiro atoms. The Morgan fingerprint density at radius 1 is 1.25 bits per heavy atom. The highest BCUT2D eigenvalue weighted by molar-refractivity contribution is 7.91. The van der Waals surface area contributed by atoms with Crippen LogP contribution < -0.4 is 5.32 Å². The van der Waals surface area contributed by atoms with Crippen LogP contribution in [-0.4, -0.2) is 33.0 Å². The van der Waals surface area contributed by atoms with E-state index in [1.165, 1.54) is 11.1 Å². The Kier molecular flexibility index (Phi) is 7.24. The molecule has 3 nitrogen and oxygen atoms in total. The van der Waals surface area contributed by atoms with Gasteiger partial charge in [-0.2, -0.15) is 0 Å². The van der Waals surface area contributed by atoms with Gasteiger partial charge in [0, 0.05) is 5.75 Å². The van der Waals surface area contributed by atoms with Gasteiger partial charge < -0.3 is 5.32 Å². The quantitative estimate of drug-likeness (QED) is 0.762.